The molecule has 0 spiro atoms. The van der Waals surface area contributed by atoms with E-state index < -0.39 is 12.1 Å². The highest BCUT2D eigenvalue weighted by atomic mass is 16.5. The Balaban J connectivity index is 1.80. The Bertz CT molecular complexity index is 608. The number of hydrogen-bond acceptors (Lipinski definition) is 3. The molecule has 0 radical (unpaired) electrons. The maximum Gasteiger partial charge on any atom is 0.346 e. The number of aromatic nitrogens is 2. The van der Waals surface area contributed by atoms with Gasteiger partial charge in [-0.2, -0.15) is 0 Å². The Hall–Kier alpha value is -2.30. The lowest BCUT2D eigenvalue weighted by atomic mass is 10.1. The van der Waals surface area contributed by atoms with E-state index >= 15 is 0 Å². The summed E-state index contributed by atoms with van der Waals surface area (Å²) in [6.07, 6.45) is 7.16. The van der Waals surface area contributed by atoms with E-state index in [1.165, 1.54) is 5.56 Å². The fourth-order valence-corrected chi connectivity index (χ4v) is 2.60. The summed E-state index contributed by atoms with van der Waals surface area (Å²) in [5.41, 5.74) is 2.43. The smallest absolute Gasteiger partial charge is 0.346 e. The van der Waals surface area contributed by atoms with E-state index in [9.17, 15) is 9.90 Å². The number of carboxylic acid groups (broad SMARTS) is 1. The first kappa shape index (κ1) is 12.7. The highest BCUT2D eigenvalue weighted by Gasteiger charge is 2.23. The Kier molecular flexibility index (Phi) is 3.41. The number of carbonyl (C=O) groups is 1. The molecule has 1 N–H and O–H groups in total. The molecule has 1 heterocycles. The molecule has 1 aromatic heterocycles. The van der Waals surface area contributed by atoms with Crippen LogP contribution in [-0.2, 0) is 24.2 Å². The van der Waals surface area contributed by atoms with E-state index in [0.717, 1.165) is 24.8 Å². The molecule has 1 aromatic carbocycles. The molecular weight excluding hydrogens is 256 g/mol. The number of nitrogens with zero attached hydrogens (tertiary/aromatic N) is 2. The first-order chi connectivity index (χ1) is 9.74. The molecule has 1 aliphatic rings. The van der Waals surface area contributed by atoms with Crippen LogP contribution in [0.3, 0.4) is 0 Å². The van der Waals surface area contributed by atoms with E-state index in [1.54, 1.807) is 23.3 Å². The summed E-state index contributed by atoms with van der Waals surface area (Å²) in [5.74, 6) is -0.262. The molecule has 0 fully saturated rings. The number of rotatable bonds is 5. The largest absolute Gasteiger partial charge is 0.478 e. The lowest BCUT2D eigenvalue weighted by Gasteiger charge is -2.18. The molecule has 0 bridgehead atoms. The van der Waals surface area contributed by atoms with Crippen molar-refractivity contribution in [3.8, 4) is 5.75 Å². The highest BCUT2D eigenvalue weighted by Crippen LogP contribution is 2.31. The molecule has 0 saturated heterocycles. The van der Waals surface area contributed by atoms with Gasteiger partial charge in [0.1, 0.15) is 5.75 Å². The number of carboxylic acids is 1. The summed E-state index contributed by atoms with van der Waals surface area (Å²) >= 11 is 0. The van der Waals surface area contributed by atoms with E-state index in [4.69, 9.17) is 4.74 Å². The van der Waals surface area contributed by atoms with Crippen molar-refractivity contribution in [2.75, 3.05) is 0 Å². The lowest BCUT2D eigenvalue weighted by molar-refractivity contribution is -0.145. The average molecular weight is 272 g/mol. The van der Waals surface area contributed by atoms with Crippen LogP contribution in [0.1, 0.15) is 17.5 Å². The molecule has 1 aliphatic carbocycles. The number of fused-ring (bicyclic) bond motifs is 1. The minimum Gasteiger partial charge on any atom is -0.478 e. The van der Waals surface area contributed by atoms with Crippen molar-refractivity contribution in [3.05, 3.63) is 48.0 Å². The maximum absolute atomic E-state index is 11.4. The fourth-order valence-electron chi connectivity index (χ4n) is 2.60. The third-order valence-corrected chi connectivity index (χ3v) is 3.58. The molecule has 5 heteroatoms. The molecule has 0 amide bonds. The SMILES string of the molecule is O=C(O)C(Cn1ccnc1)Oc1cccc2c1CCC2. The Morgan fingerprint density at radius 1 is 1.45 bits per heavy atom. The topological polar surface area (TPSA) is 64.3 Å². The van der Waals surface area contributed by atoms with E-state index in [0.29, 0.717) is 5.75 Å². The van der Waals surface area contributed by atoms with Crippen LogP contribution in [0.2, 0.25) is 0 Å². The second-order valence-electron chi connectivity index (χ2n) is 4.95. The van der Waals surface area contributed by atoms with Crippen LogP contribution in [0.4, 0.5) is 0 Å². The van der Waals surface area contributed by atoms with Crippen LogP contribution in [0.5, 0.6) is 5.75 Å². The zero-order chi connectivity index (χ0) is 13.9. The highest BCUT2D eigenvalue weighted by molar-refractivity contribution is 5.72. The van der Waals surface area contributed by atoms with Crippen molar-refractivity contribution in [1.82, 2.24) is 9.55 Å². The van der Waals surface area contributed by atoms with Gasteiger partial charge in [0.05, 0.1) is 12.9 Å². The van der Waals surface area contributed by atoms with Gasteiger partial charge in [0.15, 0.2) is 0 Å². The van der Waals surface area contributed by atoms with Crippen LogP contribution in [0, 0.1) is 0 Å². The van der Waals surface area contributed by atoms with E-state index in [-0.39, 0.29) is 6.54 Å². The van der Waals surface area contributed by atoms with Crippen LogP contribution < -0.4 is 4.74 Å². The molecular formula is C15H16N2O3. The van der Waals surface area contributed by atoms with Crippen molar-refractivity contribution in [3.63, 3.8) is 0 Å². The summed E-state index contributed by atoms with van der Waals surface area (Å²) in [7, 11) is 0. The lowest BCUT2D eigenvalue weighted by Crippen LogP contribution is -2.31. The molecule has 3 rings (SSSR count). The molecule has 20 heavy (non-hydrogen) atoms. The molecule has 5 nitrogen and oxygen atoms in total. The first-order valence-corrected chi connectivity index (χ1v) is 6.70. The van der Waals surface area contributed by atoms with Crippen LogP contribution in [0.15, 0.2) is 36.9 Å². The fraction of sp³-hybridized carbons (Fsp3) is 0.333. The standard InChI is InChI=1S/C15H16N2O3/c18-15(19)14(9-17-8-7-16-10-17)20-13-6-2-4-11-3-1-5-12(11)13/h2,4,6-8,10,14H,1,3,5,9H2,(H,18,19). The molecule has 104 valence electrons. The van der Waals surface area contributed by atoms with Crippen molar-refractivity contribution < 1.29 is 14.6 Å². The van der Waals surface area contributed by atoms with Gasteiger partial charge in [-0.05, 0) is 36.5 Å². The Labute approximate surface area is 116 Å². The minimum absolute atomic E-state index is 0.249. The summed E-state index contributed by atoms with van der Waals surface area (Å²) in [6.45, 7) is 0.249. The van der Waals surface area contributed by atoms with Gasteiger partial charge in [0.2, 0.25) is 6.10 Å². The molecule has 2 aromatic rings. The number of hydrogen-bond donors (Lipinski definition) is 1. The van der Waals surface area contributed by atoms with Gasteiger partial charge >= 0.3 is 5.97 Å². The van der Waals surface area contributed by atoms with Crippen LogP contribution in [0.25, 0.3) is 0 Å². The van der Waals surface area contributed by atoms with Crippen molar-refractivity contribution in [2.24, 2.45) is 0 Å². The third-order valence-electron chi connectivity index (χ3n) is 3.58. The van der Waals surface area contributed by atoms with Gasteiger partial charge in [-0.3, -0.25) is 0 Å². The minimum atomic E-state index is -0.964. The molecule has 0 aliphatic heterocycles. The predicted molar refractivity (Wildman–Crippen MR) is 72.7 cm³/mol. The quantitative estimate of drug-likeness (QED) is 0.903. The van der Waals surface area contributed by atoms with Crippen LogP contribution in [-0.4, -0.2) is 26.7 Å². The molecule has 0 saturated carbocycles. The normalized spacial score (nSPS) is 14.8. The summed E-state index contributed by atoms with van der Waals surface area (Å²) in [5, 5.41) is 9.32. The van der Waals surface area contributed by atoms with Gasteiger partial charge in [-0.1, -0.05) is 12.1 Å². The number of benzene rings is 1. The zero-order valence-corrected chi connectivity index (χ0v) is 11.0. The van der Waals surface area contributed by atoms with Gasteiger partial charge in [0.25, 0.3) is 0 Å². The Morgan fingerprint density at radius 2 is 2.35 bits per heavy atom. The van der Waals surface area contributed by atoms with E-state index in [1.807, 2.05) is 12.1 Å². The number of aryl methyl sites for hydroxylation is 1. The predicted octanol–water partition coefficient (Wildman–Crippen LogP) is 1.90. The maximum atomic E-state index is 11.4. The van der Waals surface area contributed by atoms with E-state index in [2.05, 4.69) is 11.1 Å². The summed E-state index contributed by atoms with van der Waals surface area (Å²) in [4.78, 5) is 15.3. The number of aliphatic carboxylic acids is 1. The van der Waals surface area contributed by atoms with Crippen molar-refractivity contribution >= 4 is 5.97 Å². The van der Waals surface area contributed by atoms with Crippen LogP contribution >= 0.6 is 0 Å². The monoisotopic (exact) mass is 272 g/mol. The van der Waals surface area contributed by atoms with Crippen molar-refractivity contribution in [2.45, 2.75) is 31.9 Å². The second kappa shape index (κ2) is 5.36. The zero-order valence-electron chi connectivity index (χ0n) is 11.0. The average Bonchev–Trinajstić information content (AvgIpc) is 3.08. The summed E-state index contributed by atoms with van der Waals surface area (Å²) < 4.78 is 7.45. The summed E-state index contributed by atoms with van der Waals surface area (Å²) in [6, 6.07) is 5.87. The van der Waals surface area contributed by atoms with Gasteiger partial charge in [-0.15, -0.1) is 0 Å². The Morgan fingerprint density at radius 3 is 3.10 bits per heavy atom. The first-order valence-electron chi connectivity index (χ1n) is 6.70. The van der Waals surface area contributed by atoms with Gasteiger partial charge < -0.3 is 14.4 Å². The molecule has 1 unspecified atom stereocenters. The second-order valence-corrected chi connectivity index (χ2v) is 4.95. The number of ether oxygens (including phenoxy) is 1. The van der Waals surface area contributed by atoms with Gasteiger partial charge in [0, 0.05) is 12.4 Å². The third kappa shape index (κ3) is 2.52. The van der Waals surface area contributed by atoms with Gasteiger partial charge in [-0.25, -0.2) is 9.78 Å². The number of imidazole rings is 1. The van der Waals surface area contributed by atoms with Crippen molar-refractivity contribution in [1.29, 1.82) is 0 Å². The molecule has 1 atom stereocenters.